The second kappa shape index (κ2) is 16.9. The lowest BCUT2D eigenvalue weighted by atomic mass is 9.90. The molecule has 0 bridgehead atoms. The van der Waals surface area contributed by atoms with E-state index in [9.17, 15) is 10.2 Å². The molecule has 2 heteroatoms. The van der Waals surface area contributed by atoms with Gasteiger partial charge < -0.3 is 10.2 Å². The Morgan fingerprint density at radius 2 is 0.879 bits per heavy atom. The lowest BCUT2D eigenvalue weighted by Gasteiger charge is -2.19. The average Bonchev–Trinajstić information content (AvgIpc) is 2.84. The maximum Gasteiger partial charge on any atom is 0.0792 e. The van der Waals surface area contributed by atoms with Crippen LogP contribution in [0.5, 0.6) is 0 Å². The quantitative estimate of drug-likeness (QED) is 0.222. The van der Waals surface area contributed by atoms with E-state index < -0.39 is 12.2 Å². The predicted octanol–water partition coefficient (Wildman–Crippen LogP) is 8.85. The van der Waals surface area contributed by atoms with Crippen molar-refractivity contribution in [1.29, 1.82) is 0 Å². The third-order valence-corrected chi connectivity index (χ3v) is 6.87. The minimum atomic E-state index is -0.410. The van der Waals surface area contributed by atoms with Crippen molar-refractivity contribution in [3.8, 4) is 0 Å². The van der Waals surface area contributed by atoms with Crippen LogP contribution in [-0.4, -0.2) is 10.2 Å². The molecular formula is C31H48O2. The Bertz CT molecular complexity index is 691. The summed E-state index contributed by atoms with van der Waals surface area (Å²) < 4.78 is 0. The Hall–Kier alpha value is -1.64. The van der Waals surface area contributed by atoms with E-state index in [0.717, 1.165) is 43.2 Å². The van der Waals surface area contributed by atoms with Crippen LogP contribution >= 0.6 is 0 Å². The molecule has 33 heavy (non-hydrogen) atoms. The van der Waals surface area contributed by atoms with Crippen molar-refractivity contribution in [1.82, 2.24) is 0 Å². The highest BCUT2D eigenvalue weighted by Gasteiger charge is 2.16. The van der Waals surface area contributed by atoms with Gasteiger partial charge in [0.25, 0.3) is 0 Å². The van der Waals surface area contributed by atoms with Gasteiger partial charge in [-0.2, -0.15) is 0 Å². The maximum atomic E-state index is 10.9. The summed E-state index contributed by atoms with van der Waals surface area (Å²) in [7, 11) is 0. The summed E-state index contributed by atoms with van der Waals surface area (Å²) in [6, 6.07) is 16.6. The second-order valence-corrected chi connectivity index (χ2v) is 9.72. The van der Waals surface area contributed by atoms with Crippen molar-refractivity contribution in [2.75, 3.05) is 0 Å². The van der Waals surface area contributed by atoms with Gasteiger partial charge in [-0.15, -0.1) is 0 Å². The molecule has 2 aromatic carbocycles. The molecule has 0 spiro atoms. The molecule has 0 fully saturated rings. The van der Waals surface area contributed by atoms with Gasteiger partial charge in [0.2, 0.25) is 0 Å². The predicted molar refractivity (Wildman–Crippen MR) is 142 cm³/mol. The fraction of sp³-hybridized carbons (Fsp3) is 0.613. The number of hydrogen-bond acceptors (Lipinski definition) is 2. The monoisotopic (exact) mass is 452 g/mol. The third kappa shape index (κ3) is 10.4. The van der Waals surface area contributed by atoms with Gasteiger partial charge in [-0.05, 0) is 41.5 Å². The molecule has 0 saturated carbocycles. The van der Waals surface area contributed by atoms with Crippen molar-refractivity contribution in [2.24, 2.45) is 0 Å². The molecule has 0 radical (unpaired) electrons. The first kappa shape index (κ1) is 27.6. The molecule has 0 aliphatic carbocycles. The fourth-order valence-corrected chi connectivity index (χ4v) is 4.79. The van der Waals surface area contributed by atoms with E-state index in [1.807, 2.05) is 12.1 Å². The summed E-state index contributed by atoms with van der Waals surface area (Å²) in [5.41, 5.74) is 4.45. The summed E-state index contributed by atoms with van der Waals surface area (Å²) in [6.45, 7) is 4.49. The lowest BCUT2D eigenvalue weighted by Crippen LogP contribution is -2.06. The zero-order valence-corrected chi connectivity index (χ0v) is 21.3. The molecule has 0 aliphatic rings. The molecule has 2 N–H and O–H groups in total. The Morgan fingerprint density at radius 1 is 0.515 bits per heavy atom. The molecule has 2 aromatic rings. The molecule has 0 heterocycles. The zero-order valence-electron chi connectivity index (χ0n) is 21.3. The SMILES string of the molecule is CCCCCCCCC(O)c1ccccc1Cc1ccccc1C(O)CCCCCCCC. The van der Waals surface area contributed by atoms with Gasteiger partial charge in [0.05, 0.1) is 12.2 Å². The normalized spacial score (nSPS) is 13.2. The first-order chi connectivity index (χ1) is 16.2. The van der Waals surface area contributed by atoms with Crippen molar-refractivity contribution < 1.29 is 10.2 Å². The van der Waals surface area contributed by atoms with Gasteiger partial charge in [0.1, 0.15) is 0 Å². The van der Waals surface area contributed by atoms with E-state index in [1.54, 1.807) is 0 Å². The number of aliphatic hydroxyl groups is 2. The Morgan fingerprint density at radius 3 is 1.30 bits per heavy atom. The minimum Gasteiger partial charge on any atom is -0.388 e. The Kier molecular flexibility index (Phi) is 14.1. The summed E-state index contributed by atoms with van der Waals surface area (Å²) in [6.07, 6.45) is 16.5. The van der Waals surface area contributed by atoms with Gasteiger partial charge in [-0.1, -0.05) is 139 Å². The summed E-state index contributed by atoms with van der Waals surface area (Å²) in [4.78, 5) is 0. The van der Waals surface area contributed by atoms with Crippen molar-refractivity contribution >= 4 is 0 Å². The van der Waals surface area contributed by atoms with E-state index in [2.05, 4.69) is 50.2 Å². The molecule has 184 valence electrons. The van der Waals surface area contributed by atoms with E-state index in [4.69, 9.17) is 0 Å². The summed E-state index contributed by atoms with van der Waals surface area (Å²) in [5, 5.41) is 21.8. The van der Waals surface area contributed by atoms with Crippen LogP contribution in [0, 0.1) is 0 Å². The van der Waals surface area contributed by atoms with Crippen LogP contribution in [0.2, 0.25) is 0 Å². The molecule has 0 saturated heterocycles. The highest BCUT2D eigenvalue weighted by atomic mass is 16.3. The van der Waals surface area contributed by atoms with Crippen LogP contribution in [0.1, 0.15) is 138 Å². The van der Waals surface area contributed by atoms with Crippen LogP contribution in [0.4, 0.5) is 0 Å². The zero-order chi connectivity index (χ0) is 23.7. The number of rotatable bonds is 18. The van der Waals surface area contributed by atoms with Crippen molar-refractivity contribution in [3.63, 3.8) is 0 Å². The first-order valence-electron chi connectivity index (χ1n) is 13.7. The van der Waals surface area contributed by atoms with Gasteiger partial charge >= 0.3 is 0 Å². The Labute approximate surface area is 203 Å². The number of aliphatic hydroxyl groups excluding tert-OH is 2. The average molecular weight is 453 g/mol. The molecular weight excluding hydrogens is 404 g/mol. The first-order valence-corrected chi connectivity index (χ1v) is 13.7. The number of hydrogen-bond donors (Lipinski definition) is 2. The number of unbranched alkanes of at least 4 members (excludes halogenated alkanes) is 10. The highest BCUT2D eigenvalue weighted by Crippen LogP contribution is 2.29. The van der Waals surface area contributed by atoms with Crippen LogP contribution in [0.15, 0.2) is 48.5 Å². The molecule has 0 aromatic heterocycles. The maximum absolute atomic E-state index is 10.9. The molecule has 2 atom stereocenters. The molecule has 2 unspecified atom stereocenters. The third-order valence-electron chi connectivity index (χ3n) is 6.87. The van der Waals surface area contributed by atoms with Gasteiger partial charge in [-0.25, -0.2) is 0 Å². The molecule has 0 amide bonds. The van der Waals surface area contributed by atoms with Gasteiger partial charge in [-0.3, -0.25) is 0 Å². The van der Waals surface area contributed by atoms with E-state index >= 15 is 0 Å². The largest absolute Gasteiger partial charge is 0.388 e. The molecule has 2 rings (SSSR count). The molecule has 0 aliphatic heterocycles. The van der Waals surface area contributed by atoms with Crippen LogP contribution < -0.4 is 0 Å². The van der Waals surface area contributed by atoms with Crippen LogP contribution in [0.25, 0.3) is 0 Å². The van der Waals surface area contributed by atoms with Crippen molar-refractivity contribution in [2.45, 2.75) is 122 Å². The lowest BCUT2D eigenvalue weighted by molar-refractivity contribution is 0.161. The van der Waals surface area contributed by atoms with E-state index in [0.29, 0.717) is 0 Å². The van der Waals surface area contributed by atoms with E-state index in [1.165, 1.54) is 75.3 Å². The minimum absolute atomic E-state index is 0.410. The fourth-order valence-electron chi connectivity index (χ4n) is 4.79. The van der Waals surface area contributed by atoms with Crippen molar-refractivity contribution in [3.05, 3.63) is 70.8 Å². The van der Waals surface area contributed by atoms with E-state index in [-0.39, 0.29) is 0 Å². The number of benzene rings is 2. The Balaban J connectivity index is 1.95. The smallest absolute Gasteiger partial charge is 0.0792 e. The van der Waals surface area contributed by atoms with Crippen LogP contribution in [0.3, 0.4) is 0 Å². The summed E-state index contributed by atoms with van der Waals surface area (Å²) in [5.74, 6) is 0. The van der Waals surface area contributed by atoms with Gasteiger partial charge in [0.15, 0.2) is 0 Å². The molecule has 2 nitrogen and oxygen atoms in total. The summed E-state index contributed by atoms with van der Waals surface area (Å²) >= 11 is 0. The second-order valence-electron chi connectivity index (χ2n) is 9.72. The standard InChI is InChI=1S/C31H48O2/c1-3-5-7-9-11-13-23-30(32)28-21-17-15-19-26(28)25-27-20-16-18-22-29(27)31(33)24-14-12-10-8-6-4-2/h15-22,30-33H,3-14,23-25H2,1-2H3. The van der Waals surface area contributed by atoms with Crippen LogP contribution in [-0.2, 0) is 6.42 Å². The highest BCUT2D eigenvalue weighted by molar-refractivity contribution is 5.38. The topological polar surface area (TPSA) is 40.5 Å². The van der Waals surface area contributed by atoms with Gasteiger partial charge in [0, 0.05) is 0 Å².